The van der Waals surface area contributed by atoms with E-state index in [1.54, 1.807) is 12.1 Å². The molecule has 0 spiro atoms. The fraction of sp³-hybridized carbons (Fsp3) is 0.0769. The van der Waals surface area contributed by atoms with Gasteiger partial charge in [-0.25, -0.2) is 9.78 Å². The molecule has 1 aliphatic rings. The highest BCUT2D eigenvalue weighted by atomic mass is 19.3. The van der Waals surface area contributed by atoms with Crippen molar-refractivity contribution < 1.29 is 18.3 Å². The number of urea groups is 1. The maximum Gasteiger partial charge on any atom is 0.387 e. The summed E-state index contributed by atoms with van der Waals surface area (Å²) in [4.78, 5) is 17.5. The van der Waals surface area contributed by atoms with Gasteiger partial charge in [0.2, 0.25) is 0 Å². The molecule has 1 aromatic heterocycles. The number of ether oxygens (including phenoxy) is 1. The Balaban J connectivity index is 1.68. The van der Waals surface area contributed by atoms with E-state index < -0.39 is 12.7 Å². The Morgan fingerprint density at radius 3 is 2.33 bits per heavy atom. The first kappa shape index (κ1) is 20.6. The Hall–Kier alpha value is -4.26. The van der Waals surface area contributed by atoms with Gasteiger partial charge in [0.25, 0.3) is 0 Å². The van der Waals surface area contributed by atoms with Crippen molar-refractivity contribution in [2.75, 3.05) is 0 Å². The Labute approximate surface area is 188 Å². The zero-order valence-corrected chi connectivity index (χ0v) is 17.3. The van der Waals surface area contributed by atoms with Crippen molar-refractivity contribution in [3.63, 3.8) is 0 Å². The summed E-state index contributed by atoms with van der Waals surface area (Å²) in [5.41, 5.74) is 4.48. The molecule has 0 bridgehead atoms. The van der Waals surface area contributed by atoms with Gasteiger partial charge in [0.1, 0.15) is 5.75 Å². The summed E-state index contributed by atoms with van der Waals surface area (Å²) < 4.78 is 29.6. The third kappa shape index (κ3) is 4.25. The van der Waals surface area contributed by atoms with Crippen LogP contribution in [0.15, 0.2) is 91.0 Å². The van der Waals surface area contributed by atoms with Gasteiger partial charge < -0.3 is 15.4 Å². The number of carbonyl (C=O) groups is 1. The van der Waals surface area contributed by atoms with Crippen molar-refractivity contribution in [3.05, 3.63) is 108 Å². The fourth-order valence-electron chi connectivity index (χ4n) is 3.98. The Bertz CT molecular complexity index is 1340. The van der Waals surface area contributed by atoms with Gasteiger partial charge in [-0.2, -0.15) is 8.78 Å². The molecule has 0 unspecified atom stereocenters. The van der Waals surface area contributed by atoms with Gasteiger partial charge in [-0.3, -0.25) is 0 Å². The lowest BCUT2D eigenvalue weighted by molar-refractivity contribution is -0.0498. The number of nitrogens with one attached hydrogen (secondary N) is 2. The zero-order chi connectivity index (χ0) is 22.8. The van der Waals surface area contributed by atoms with Crippen LogP contribution in [0, 0.1) is 0 Å². The number of aromatic nitrogens is 1. The largest absolute Gasteiger partial charge is 0.435 e. The number of halogens is 2. The second-order valence-electron chi connectivity index (χ2n) is 7.52. The number of carbonyl (C=O) groups excluding carboxylic acids is 1. The van der Waals surface area contributed by atoms with E-state index in [2.05, 4.69) is 15.4 Å². The number of para-hydroxylation sites is 1. The molecule has 0 radical (unpaired) electrons. The second kappa shape index (κ2) is 8.70. The summed E-state index contributed by atoms with van der Waals surface area (Å²) >= 11 is 0. The molecule has 1 aliphatic heterocycles. The van der Waals surface area contributed by atoms with Crippen LogP contribution in [-0.2, 0) is 0 Å². The van der Waals surface area contributed by atoms with E-state index in [0.717, 1.165) is 22.0 Å². The van der Waals surface area contributed by atoms with Gasteiger partial charge >= 0.3 is 12.6 Å². The molecule has 3 aromatic carbocycles. The average molecular weight is 443 g/mol. The minimum Gasteiger partial charge on any atom is -0.435 e. The molecule has 0 aliphatic carbocycles. The Kier molecular flexibility index (Phi) is 5.44. The van der Waals surface area contributed by atoms with Crippen LogP contribution in [0.3, 0.4) is 0 Å². The van der Waals surface area contributed by atoms with Crippen LogP contribution in [-0.4, -0.2) is 17.6 Å². The smallest absolute Gasteiger partial charge is 0.387 e. The third-order valence-corrected chi connectivity index (χ3v) is 5.45. The molecule has 33 heavy (non-hydrogen) atoms. The summed E-state index contributed by atoms with van der Waals surface area (Å²) in [5, 5.41) is 6.89. The summed E-state index contributed by atoms with van der Waals surface area (Å²) in [5.74, 6) is 0.0478. The molecule has 2 N–H and O–H groups in total. The molecule has 7 heteroatoms. The number of hydrogen-bond acceptors (Lipinski definition) is 3. The van der Waals surface area contributed by atoms with Crippen molar-refractivity contribution >= 4 is 28.2 Å². The molecule has 164 valence electrons. The molecule has 0 fully saturated rings. The van der Waals surface area contributed by atoms with Crippen molar-refractivity contribution in [2.24, 2.45) is 0 Å². The summed E-state index contributed by atoms with van der Waals surface area (Å²) in [7, 11) is 0. The topological polar surface area (TPSA) is 63.2 Å². The van der Waals surface area contributed by atoms with Crippen molar-refractivity contribution in [3.8, 4) is 5.75 Å². The molecule has 5 rings (SSSR count). The molecule has 5 nitrogen and oxygen atoms in total. The fourth-order valence-corrected chi connectivity index (χ4v) is 3.98. The summed E-state index contributed by atoms with van der Waals surface area (Å²) in [6.45, 7) is -2.91. The van der Waals surface area contributed by atoms with Gasteiger partial charge in [-0.05, 0) is 35.4 Å². The van der Waals surface area contributed by atoms with E-state index >= 15 is 0 Å². The van der Waals surface area contributed by atoms with E-state index in [1.807, 2.05) is 66.7 Å². The highest BCUT2D eigenvalue weighted by Gasteiger charge is 2.31. The number of pyridine rings is 1. The normalized spacial score (nSPS) is 16.0. The number of fused-ring (bicyclic) bond motifs is 1. The third-order valence-electron chi connectivity index (χ3n) is 5.45. The second-order valence-corrected chi connectivity index (χ2v) is 7.52. The zero-order valence-electron chi connectivity index (χ0n) is 17.3. The van der Waals surface area contributed by atoms with Crippen LogP contribution in [0.1, 0.15) is 22.9 Å². The van der Waals surface area contributed by atoms with E-state index in [1.165, 1.54) is 12.1 Å². The van der Waals surface area contributed by atoms with Crippen molar-refractivity contribution in [1.82, 2.24) is 15.6 Å². The van der Waals surface area contributed by atoms with Gasteiger partial charge in [-0.15, -0.1) is 0 Å². The molecule has 2 amide bonds. The number of nitrogens with zero attached hydrogens (tertiary/aromatic N) is 1. The molecule has 1 atom stereocenters. The quantitative estimate of drug-likeness (QED) is 0.412. The van der Waals surface area contributed by atoms with Gasteiger partial charge in [0.05, 0.1) is 22.9 Å². The van der Waals surface area contributed by atoms with E-state index in [0.29, 0.717) is 17.0 Å². The van der Waals surface area contributed by atoms with E-state index in [4.69, 9.17) is 4.98 Å². The average Bonchev–Trinajstić information content (AvgIpc) is 2.84. The SMILES string of the molecule is O=C1NC(c2ccccc2)=C(c2ccc3ccccc3n2)[C@@H](c2ccc(OC(F)F)cc2)N1. The molecular weight excluding hydrogens is 424 g/mol. The van der Waals surface area contributed by atoms with Crippen LogP contribution < -0.4 is 15.4 Å². The summed E-state index contributed by atoms with van der Waals surface area (Å²) in [6.07, 6.45) is 0. The molecule has 0 saturated carbocycles. The first-order valence-electron chi connectivity index (χ1n) is 10.4. The minimum absolute atomic E-state index is 0.0478. The molecule has 2 heterocycles. The van der Waals surface area contributed by atoms with Crippen LogP contribution in [0.4, 0.5) is 13.6 Å². The van der Waals surface area contributed by atoms with Crippen molar-refractivity contribution in [2.45, 2.75) is 12.7 Å². The highest BCUT2D eigenvalue weighted by Crippen LogP contribution is 2.38. The van der Waals surface area contributed by atoms with E-state index in [-0.39, 0.29) is 11.8 Å². The molecule has 0 saturated heterocycles. The molecule has 4 aromatic rings. The maximum absolute atomic E-state index is 12.6. The first-order valence-corrected chi connectivity index (χ1v) is 10.4. The van der Waals surface area contributed by atoms with Gasteiger partial charge in [0, 0.05) is 11.0 Å². The van der Waals surface area contributed by atoms with Crippen LogP contribution in [0.2, 0.25) is 0 Å². The lowest BCUT2D eigenvalue weighted by Crippen LogP contribution is -2.43. The Morgan fingerprint density at radius 2 is 1.58 bits per heavy atom. The van der Waals surface area contributed by atoms with Gasteiger partial charge in [0.15, 0.2) is 0 Å². The number of hydrogen-bond donors (Lipinski definition) is 2. The number of amides is 2. The molecular formula is C26H19F2N3O2. The Morgan fingerprint density at radius 1 is 0.848 bits per heavy atom. The van der Waals surface area contributed by atoms with Gasteiger partial charge in [-0.1, -0.05) is 66.7 Å². The predicted octanol–water partition coefficient (Wildman–Crippen LogP) is 5.76. The van der Waals surface area contributed by atoms with Crippen LogP contribution in [0.5, 0.6) is 5.75 Å². The highest BCUT2D eigenvalue weighted by molar-refractivity contribution is 6.03. The van der Waals surface area contributed by atoms with Crippen LogP contribution in [0.25, 0.3) is 22.2 Å². The standard InChI is InChI=1S/C26H19F2N3O2/c27-25(28)33-19-13-10-18(11-14-19)24-22(21-15-12-16-6-4-5-9-20(16)29-21)23(30-26(32)31-24)17-7-2-1-3-8-17/h1-15,24-25H,(H2,30,31,32)/t24-/m1/s1. The van der Waals surface area contributed by atoms with Crippen molar-refractivity contribution in [1.29, 1.82) is 0 Å². The van der Waals surface area contributed by atoms with E-state index in [9.17, 15) is 13.6 Å². The predicted molar refractivity (Wildman–Crippen MR) is 122 cm³/mol. The lowest BCUT2D eigenvalue weighted by Gasteiger charge is -2.31. The number of benzene rings is 3. The summed E-state index contributed by atoms with van der Waals surface area (Å²) in [6, 6.07) is 26.6. The maximum atomic E-state index is 12.6. The monoisotopic (exact) mass is 443 g/mol. The number of rotatable bonds is 5. The lowest BCUT2D eigenvalue weighted by atomic mass is 9.90. The minimum atomic E-state index is -2.91. The van der Waals surface area contributed by atoms with Crippen LogP contribution >= 0.6 is 0 Å². The number of alkyl halides is 2. The first-order chi connectivity index (χ1) is 16.1.